The van der Waals surface area contributed by atoms with Gasteiger partial charge in [-0.1, -0.05) is 30.3 Å². The van der Waals surface area contributed by atoms with E-state index in [1.165, 1.54) is 14.2 Å². The molecule has 0 amide bonds. The summed E-state index contributed by atoms with van der Waals surface area (Å²) < 4.78 is 16.0. The first-order valence-corrected chi connectivity index (χ1v) is 6.71. The number of methoxy groups -OCH3 is 3. The first kappa shape index (κ1) is 15.5. The molecule has 0 aromatic heterocycles. The highest BCUT2D eigenvalue weighted by atomic mass is 16.5. The molecule has 0 aliphatic rings. The van der Waals surface area contributed by atoms with Crippen LogP contribution in [0.25, 0.3) is 11.6 Å². The highest BCUT2D eigenvalue weighted by molar-refractivity contribution is 5.92. The van der Waals surface area contributed by atoms with Gasteiger partial charge in [-0.2, -0.15) is 5.26 Å². The Labute approximate surface area is 130 Å². The van der Waals surface area contributed by atoms with Crippen LogP contribution in [0.4, 0.5) is 0 Å². The molecule has 0 aliphatic carbocycles. The monoisotopic (exact) mass is 295 g/mol. The van der Waals surface area contributed by atoms with Gasteiger partial charge in [-0.3, -0.25) is 0 Å². The number of nitriles is 1. The number of rotatable bonds is 5. The zero-order valence-corrected chi connectivity index (χ0v) is 12.8. The third-order valence-electron chi connectivity index (χ3n) is 3.23. The average Bonchev–Trinajstić information content (AvgIpc) is 2.59. The van der Waals surface area contributed by atoms with Crippen LogP contribution in [0.3, 0.4) is 0 Å². The molecule has 2 aromatic rings. The molecular formula is C18H17NO3. The highest BCUT2D eigenvalue weighted by Gasteiger charge is 2.18. The molecule has 0 heterocycles. The largest absolute Gasteiger partial charge is 0.493 e. The van der Waals surface area contributed by atoms with Crippen LogP contribution in [-0.4, -0.2) is 21.3 Å². The van der Waals surface area contributed by atoms with Gasteiger partial charge in [0.15, 0.2) is 11.5 Å². The van der Waals surface area contributed by atoms with E-state index in [2.05, 4.69) is 6.07 Å². The molecule has 2 rings (SSSR count). The summed E-state index contributed by atoms with van der Waals surface area (Å²) in [5.74, 6) is 1.50. The molecule has 0 N–H and O–H groups in total. The van der Waals surface area contributed by atoms with Crippen molar-refractivity contribution >= 4 is 11.6 Å². The minimum Gasteiger partial charge on any atom is -0.493 e. The van der Waals surface area contributed by atoms with Crippen molar-refractivity contribution in [1.29, 1.82) is 5.26 Å². The second-order valence-corrected chi connectivity index (χ2v) is 4.46. The van der Waals surface area contributed by atoms with Crippen molar-refractivity contribution in [2.45, 2.75) is 0 Å². The van der Waals surface area contributed by atoms with Crippen molar-refractivity contribution in [3.63, 3.8) is 0 Å². The summed E-state index contributed by atoms with van der Waals surface area (Å²) in [6, 6.07) is 15.4. The van der Waals surface area contributed by atoms with Crippen LogP contribution in [0.5, 0.6) is 17.2 Å². The number of allylic oxidation sites excluding steroid dienone is 1. The minimum atomic E-state index is 0.469. The second kappa shape index (κ2) is 7.19. The zero-order chi connectivity index (χ0) is 15.9. The van der Waals surface area contributed by atoms with E-state index in [-0.39, 0.29) is 0 Å². The van der Waals surface area contributed by atoms with E-state index in [0.29, 0.717) is 28.4 Å². The van der Waals surface area contributed by atoms with E-state index in [1.54, 1.807) is 19.2 Å². The van der Waals surface area contributed by atoms with E-state index in [9.17, 15) is 5.26 Å². The quantitative estimate of drug-likeness (QED) is 0.622. The predicted octanol–water partition coefficient (Wildman–Crippen LogP) is 3.78. The molecule has 22 heavy (non-hydrogen) atoms. The molecule has 0 fully saturated rings. The maximum absolute atomic E-state index is 9.50. The Bertz CT molecular complexity index is 715. The van der Waals surface area contributed by atoms with Crippen LogP contribution >= 0.6 is 0 Å². The smallest absolute Gasteiger partial charge is 0.203 e. The lowest BCUT2D eigenvalue weighted by molar-refractivity contribution is 0.324. The normalized spacial score (nSPS) is 10.7. The predicted molar refractivity (Wildman–Crippen MR) is 86.0 cm³/mol. The van der Waals surface area contributed by atoms with E-state index < -0.39 is 0 Å². The summed E-state index contributed by atoms with van der Waals surface area (Å²) >= 11 is 0. The molecule has 4 nitrogen and oxygen atoms in total. The Morgan fingerprint density at radius 1 is 0.909 bits per heavy atom. The number of hydrogen-bond donors (Lipinski definition) is 0. The van der Waals surface area contributed by atoms with Gasteiger partial charge >= 0.3 is 0 Å². The second-order valence-electron chi connectivity index (χ2n) is 4.46. The third-order valence-corrected chi connectivity index (χ3v) is 3.23. The molecular weight excluding hydrogens is 278 g/mol. The van der Waals surface area contributed by atoms with Crippen LogP contribution in [0.1, 0.15) is 11.1 Å². The van der Waals surface area contributed by atoms with Gasteiger partial charge in [0.05, 0.1) is 33.0 Å². The van der Waals surface area contributed by atoms with Crippen molar-refractivity contribution < 1.29 is 14.2 Å². The van der Waals surface area contributed by atoms with Crippen LogP contribution in [-0.2, 0) is 0 Å². The molecule has 2 aromatic carbocycles. The molecule has 0 atom stereocenters. The van der Waals surface area contributed by atoms with Gasteiger partial charge in [0.25, 0.3) is 0 Å². The van der Waals surface area contributed by atoms with Crippen molar-refractivity contribution in [3.05, 3.63) is 53.6 Å². The van der Waals surface area contributed by atoms with Crippen molar-refractivity contribution in [2.24, 2.45) is 0 Å². The Balaban J connectivity index is 2.60. The van der Waals surface area contributed by atoms with Crippen LogP contribution in [0, 0.1) is 11.3 Å². The Hall–Kier alpha value is -2.93. The Morgan fingerprint density at radius 3 is 2.14 bits per heavy atom. The molecule has 0 spiro atoms. The van der Waals surface area contributed by atoms with Gasteiger partial charge in [-0.15, -0.1) is 0 Å². The molecule has 0 bridgehead atoms. The van der Waals surface area contributed by atoms with Crippen molar-refractivity contribution in [3.8, 4) is 23.3 Å². The molecule has 0 saturated heterocycles. The molecule has 4 heteroatoms. The van der Waals surface area contributed by atoms with Crippen LogP contribution in [0.2, 0.25) is 0 Å². The Kier molecular flexibility index (Phi) is 5.05. The number of hydrogen-bond acceptors (Lipinski definition) is 4. The van der Waals surface area contributed by atoms with Gasteiger partial charge < -0.3 is 14.2 Å². The van der Waals surface area contributed by atoms with E-state index in [0.717, 1.165) is 5.56 Å². The number of nitrogens with zero attached hydrogens (tertiary/aromatic N) is 1. The Morgan fingerprint density at radius 2 is 1.59 bits per heavy atom. The fourth-order valence-electron chi connectivity index (χ4n) is 2.20. The van der Waals surface area contributed by atoms with E-state index in [4.69, 9.17) is 14.2 Å². The lowest BCUT2D eigenvalue weighted by Gasteiger charge is -2.15. The highest BCUT2D eigenvalue weighted by Crippen LogP contribution is 2.42. The maximum atomic E-state index is 9.50. The standard InChI is InChI=1S/C18H17NO3/c1-20-16-10-9-15(17(21-2)18(16)22-3)14(12-19)11-13-7-5-4-6-8-13/h4-11H,1-3H3. The van der Waals surface area contributed by atoms with Crippen molar-refractivity contribution in [1.82, 2.24) is 0 Å². The number of benzene rings is 2. The SMILES string of the molecule is COc1ccc(C(C#N)=Cc2ccccc2)c(OC)c1OC. The molecule has 112 valence electrons. The molecule has 0 saturated carbocycles. The summed E-state index contributed by atoms with van der Waals surface area (Å²) in [5, 5.41) is 9.50. The third kappa shape index (κ3) is 3.04. The van der Waals surface area contributed by atoms with Gasteiger partial charge in [-0.05, 0) is 23.8 Å². The van der Waals surface area contributed by atoms with Gasteiger partial charge in [-0.25, -0.2) is 0 Å². The number of ether oxygens (including phenoxy) is 3. The summed E-state index contributed by atoms with van der Waals surface area (Å²) in [4.78, 5) is 0. The topological polar surface area (TPSA) is 51.5 Å². The fourth-order valence-corrected chi connectivity index (χ4v) is 2.20. The minimum absolute atomic E-state index is 0.469. The van der Waals surface area contributed by atoms with Gasteiger partial charge in [0, 0.05) is 5.56 Å². The summed E-state index contributed by atoms with van der Waals surface area (Å²) in [7, 11) is 4.64. The average molecular weight is 295 g/mol. The van der Waals surface area contributed by atoms with E-state index in [1.807, 2.05) is 36.4 Å². The first-order chi connectivity index (χ1) is 10.7. The first-order valence-electron chi connectivity index (χ1n) is 6.71. The molecule has 0 unspecified atom stereocenters. The molecule has 0 radical (unpaired) electrons. The lowest BCUT2D eigenvalue weighted by Crippen LogP contribution is -1.98. The van der Waals surface area contributed by atoms with Gasteiger partial charge in [0.1, 0.15) is 0 Å². The van der Waals surface area contributed by atoms with Gasteiger partial charge in [0.2, 0.25) is 5.75 Å². The van der Waals surface area contributed by atoms with Crippen LogP contribution in [0.15, 0.2) is 42.5 Å². The summed E-state index contributed by atoms with van der Waals surface area (Å²) in [6.45, 7) is 0. The maximum Gasteiger partial charge on any atom is 0.203 e. The fraction of sp³-hybridized carbons (Fsp3) is 0.167. The van der Waals surface area contributed by atoms with Crippen LogP contribution < -0.4 is 14.2 Å². The summed E-state index contributed by atoms with van der Waals surface area (Å²) in [5.41, 5.74) is 2.09. The van der Waals surface area contributed by atoms with Crippen molar-refractivity contribution in [2.75, 3.05) is 21.3 Å². The zero-order valence-electron chi connectivity index (χ0n) is 12.8. The lowest BCUT2D eigenvalue weighted by atomic mass is 10.0. The summed E-state index contributed by atoms with van der Waals surface area (Å²) in [6.07, 6.45) is 1.81. The molecule has 0 aliphatic heterocycles. The van der Waals surface area contributed by atoms with E-state index >= 15 is 0 Å².